The van der Waals surface area contributed by atoms with E-state index in [-0.39, 0.29) is 0 Å². The molecule has 2 aliphatic heterocycles. The highest BCUT2D eigenvalue weighted by atomic mass is 14.9. The maximum Gasteiger partial charge on any atom is 0.0557 e. The highest BCUT2D eigenvalue weighted by molar-refractivity contribution is 5.81. The van der Waals surface area contributed by atoms with Gasteiger partial charge in [0.25, 0.3) is 0 Å². The lowest BCUT2D eigenvalue weighted by Crippen LogP contribution is -2.21. The van der Waals surface area contributed by atoms with E-state index >= 15 is 0 Å². The molecule has 1 N–H and O–H groups in total. The first-order chi connectivity index (χ1) is 4.97. The van der Waals surface area contributed by atoms with Gasteiger partial charge in [-0.15, -0.1) is 0 Å². The molecule has 2 nitrogen and oxygen atoms in total. The van der Waals surface area contributed by atoms with Crippen LogP contribution >= 0.6 is 0 Å². The van der Waals surface area contributed by atoms with Crippen LogP contribution in [0.25, 0.3) is 0 Å². The molecule has 0 radical (unpaired) electrons. The van der Waals surface area contributed by atoms with Crippen LogP contribution in [0.1, 0.15) is 6.42 Å². The molecule has 0 amide bonds. The van der Waals surface area contributed by atoms with Crippen molar-refractivity contribution < 1.29 is 0 Å². The van der Waals surface area contributed by atoms with Crippen LogP contribution in [0.2, 0.25) is 0 Å². The number of dihydropyridines is 2. The Hall–Kier alpha value is -1.05. The zero-order valence-electron chi connectivity index (χ0n) is 5.80. The molecule has 0 saturated heterocycles. The fourth-order valence-electron chi connectivity index (χ4n) is 1.26. The average Bonchev–Trinajstić information content (AvgIpc) is 2.05. The summed E-state index contributed by atoms with van der Waals surface area (Å²) < 4.78 is 0. The second-order valence-electron chi connectivity index (χ2n) is 2.51. The predicted octanol–water partition coefficient (Wildman–Crippen LogP) is 0.874. The largest absolute Gasteiger partial charge is 0.380 e. The van der Waals surface area contributed by atoms with E-state index in [1.54, 1.807) is 0 Å². The fourth-order valence-corrected chi connectivity index (χ4v) is 1.26. The molecule has 10 heavy (non-hydrogen) atoms. The molecule has 2 heteroatoms. The van der Waals surface area contributed by atoms with Crippen LogP contribution < -0.4 is 5.32 Å². The summed E-state index contributed by atoms with van der Waals surface area (Å²) >= 11 is 0. The minimum atomic E-state index is 0.949. The van der Waals surface area contributed by atoms with E-state index in [0.717, 1.165) is 19.5 Å². The molecule has 0 saturated carbocycles. The maximum atomic E-state index is 4.18. The van der Waals surface area contributed by atoms with E-state index in [0.29, 0.717) is 0 Å². The lowest BCUT2D eigenvalue weighted by Gasteiger charge is -2.16. The monoisotopic (exact) mass is 134 g/mol. The minimum Gasteiger partial charge on any atom is -0.380 e. The smallest absolute Gasteiger partial charge is 0.0557 e. The molecule has 0 unspecified atom stereocenters. The summed E-state index contributed by atoms with van der Waals surface area (Å²) in [6, 6.07) is 0. The Labute approximate surface area is 60.3 Å². The first-order valence-corrected chi connectivity index (χ1v) is 3.60. The Kier molecular flexibility index (Phi) is 1.31. The van der Waals surface area contributed by atoms with Crippen molar-refractivity contribution in [2.24, 2.45) is 4.99 Å². The number of aliphatic imine (C=N–C) groups is 1. The molecular formula is C8H10N2. The van der Waals surface area contributed by atoms with Crippen molar-refractivity contribution in [3.05, 3.63) is 23.4 Å². The number of hydrogen-bond donors (Lipinski definition) is 1. The molecule has 2 aliphatic rings. The topological polar surface area (TPSA) is 24.4 Å². The Morgan fingerprint density at radius 2 is 2.50 bits per heavy atom. The van der Waals surface area contributed by atoms with E-state index < -0.39 is 0 Å². The molecule has 2 rings (SSSR count). The van der Waals surface area contributed by atoms with E-state index in [1.165, 1.54) is 11.3 Å². The number of nitrogens with zero attached hydrogens (tertiary/aromatic N) is 1. The van der Waals surface area contributed by atoms with Crippen molar-refractivity contribution in [3.63, 3.8) is 0 Å². The quantitative estimate of drug-likeness (QED) is 0.522. The molecule has 52 valence electrons. The zero-order valence-corrected chi connectivity index (χ0v) is 5.80. The lowest BCUT2D eigenvalue weighted by atomic mass is 10.1. The van der Waals surface area contributed by atoms with Crippen molar-refractivity contribution in [2.75, 3.05) is 13.1 Å². The minimum absolute atomic E-state index is 0.949. The fraction of sp³-hybridized carbons (Fsp3) is 0.375. The van der Waals surface area contributed by atoms with Gasteiger partial charge in [0, 0.05) is 19.3 Å². The number of rotatable bonds is 0. The summed E-state index contributed by atoms with van der Waals surface area (Å²) in [6.45, 7) is 1.90. The summed E-state index contributed by atoms with van der Waals surface area (Å²) in [5, 5.41) is 3.26. The van der Waals surface area contributed by atoms with Crippen LogP contribution in [-0.4, -0.2) is 19.3 Å². The van der Waals surface area contributed by atoms with Gasteiger partial charge >= 0.3 is 0 Å². The SMILES string of the molecule is C1=CC2=C(C=NCC2)NC1. The molecule has 0 aromatic rings. The van der Waals surface area contributed by atoms with Crippen LogP contribution in [0, 0.1) is 0 Å². The summed E-state index contributed by atoms with van der Waals surface area (Å²) in [7, 11) is 0. The Morgan fingerprint density at radius 1 is 1.50 bits per heavy atom. The highest BCUT2D eigenvalue weighted by Gasteiger charge is 2.07. The Balaban J connectivity index is 2.32. The standard InChI is InChI=1S/C8H10N2/c1-2-7-3-5-9-6-8(7)10-4-1/h1-2,6,10H,3-5H2. The second-order valence-corrected chi connectivity index (χ2v) is 2.51. The van der Waals surface area contributed by atoms with E-state index in [2.05, 4.69) is 22.5 Å². The van der Waals surface area contributed by atoms with Gasteiger partial charge in [0.05, 0.1) is 5.70 Å². The summed E-state index contributed by atoms with van der Waals surface area (Å²) in [5.41, 5.74) is 2.62. The number of hydrogen-bond acceptors (Lipinski definition) is 2. The maximum absolute atomic E-state index is 4.18. The van der Waals surface area contributed by atoms with Crippen LogP contribution in [0.3, 0.4) is 0 Å². The van der Waals surface area contributed by atoms with Crippen molar-refractivity contribution in [2.45, 2.75) is 6.42 Å². The Morgan fingerprint density at radius 3 is 3.40 bits per heavy atom. The average molecular weight is 134 g/mol. The highest BCUT2D eigenvalue weighted by Crippen LogP contribution is 2.13. The van der Waals surface area contributed by atoms with Crippen LogP contribution in [0.4, 0.5) is 0 Å². The second kappa shape index (κ2) is 2.29. The van der Waals surface area contributed by atoms with E-state index in [9.17, 15) is 0 Å². The molecule has 0 spiro atoms. The lowest BCUT2D eigenvalue weighted by molar-refractivity contribution is 0.853. The van der Waals surface area contributed by atoms with Gasteiger partial charge < -0.3 is 5.32 Å². The zero-order chi connectivity index (χ0) is 6.81. The molecule has 0 atom stereocenters. The van der Waals surface area contributed by atoms with Gasteiger partial charge in [-0.3, -0.25) is 4.99 Å². The molecular weight excluding hydrogens is 124 g/mol. The predicted molar refractivity (Wildman–Crippen MR) is 42.1 cm³/mol. The molecule has 0 fully saturated rings. The van der Waals surface area contributed by atoms with Crippen LogP contribution in [0.15, 0.2) is 28.4 Å². The number of allylic oxidation sites excluding steroid dienone is 2. The molecule has 0 aromatic heterocycles. The molecule has 0 aliphatic carbocycles. The van der Waals surface area contributed by atoms with Crippen molar-refractivity contribution in [1.82, 2.24) is 5.32 Å². The Bertz CT molecular complexity index is 199. The van der Waals surface area contributed by atoms with Gasteiger partial charge in [-0.1, -0.05) is 12.2 Å². The van der Waals surface area contributed by atoms with Gasteiger partial charge in [-0.2, -0.15) is 0 Å². The summed E-state index contributed by atoms with van der Waals surface area (Å²) in [4.78, 5) is 4.18. The van der Waals surface area contributed by atoms with Gasteiger partial charge in [-0.05, 0) is 12.0 Å². The third-order valence-electron chi connectivity index (χ3n) is 1.81. The van der Waals surface area contributed by atoms with E-state index in [1.807, 2.05) is 6.21 Å². The first kappa shape index (κ1) is 5.71. The van der Waals surface area contributed by atoms with Crippen LogP contribution in [-0.2, 0) is 0 Å². The summed E-state index contributed by atoms with van der Waals surface area (Å²) in [6.07, 6.45) is 7.37. The van der Waals surface area contributed by atoms with E-state index in [4.69, 9.17) is 0 Å². The van der Waals surface area contributed by atoms with Crippen molar-refractivity contribution in [1.29, 1.82) is 0 Å². The van der Waals surface area contributed by atoms with Gasteiger partial charge in [0.1, 0.15) is 0 Å². The molecule has 0 bridgehead atoms. The third-order valence-corrected chi connectivity index (χ3v) is 1.81. The molecule has 2 heterocycles. The third kappa shape index (κ3) is 0.856. The van der Waals surface area contributed by atoms with Gasteiger partial charge in [0.15, 0.2) is 0 Å². The van der Waals surface area contributed by atoms with Crippen LogP contribution in [0.5, 0.6) is 0 Å². The van der Waals surface area contributed by atoms with Gasteiger partial charge in [0.2, 0.25) is 0 Å². The normalized spacial score (nSPS) is 22.4. The number of nitrogens with one attached hydrogen (secondary N) is 1. The van der Waals surface area contributed by atoms with Crippen molar-refractivity contribution >= 4 is 6.21 Å². The van der Waals surface area contributed by atoms with Crippen molar-refractivity contribution in [3.8, 4) is 0 Å². The van der Waals surface area contributed by atoms with Gasteiger partial charge in [-0.25, -0.2) is 0 Å². The molecule has 0 aromatic carbocycles. The summed E-state index contributed by atoms with van der Waals surface area (Å²) in [5.74, 6) is 0. The first-order valence-electron chi connectivity index (χ1n) is 3.60.